The Morgan fingerprint density at radius 2 is 1.62 bits per heavy atom. The second kappa shape index (κ2) is 14.3. The molecule has 6 rings (SSSR count). The molecule has 0 saturated carbocycles. The van der Waals surface area contributed by atoms with Crippen LogP contribution in [-0.2, 0) is 32.9 Å². The van der Waals surface area contributed by atoms with Crippen molar-refractivity contribution >= 4 is 35.3 Å². The topological polar surface area (TPSA) is 51.8 Å². The number of hydrogen-bond acceptors (Lipinski definition) is 4. The minimum absolute atomic E-state index is 0. The molecule has 6 heteroatoms. The van der Waals surface area contributed by atoms with E-state index in [0.717, 1.165) is 51.7 Å². The number of pyridine rings is 3. The second-order valence-electron chi connectivity index (χ2n) is 14.2. The van der Waals surface area contributed by atoms with Crippen molar-refractivity contribution in [3.05, 3.63) is 109 Å². The van der Waals surface area contributed by atoms with Gasteiger partial charge in [-0.1, -0.05) is 88.5 Å². The first-order valence-corrected chi connectivity index (χ1v) is 19.0. The van der Waals surface area contributed by atoms with Crippen LogP contribution in [0.2, 0.25) is 19.6 Å². The predicted molar refractivity (Wildman–Crippen MR) is 187 cm³/mol. The Kier molecular flexibility index (Phi) is 11.0. The van der Waals surface area contributed by atoms with Crippen molar-refractivity contribution in [2.24, 2.45) is 11.3 Å². The third kappa shape index (κ3) is 8.64. The van der Waals surface area contributed by atoms with E-state index in [1.54, 1.807) is 6.20 Å². The van der Waals surface area contributed by atoms with Crippen LogP contribution < -0.4 is 5.19 Å². The largest absolute Gasteiger partial charge is 0.486 e. The van der Waals surface area contributed by atoms with Crippen LogP contribution in [0.1, 0.15) is 45.7 Å². The van der Waals surface area contributed by atoms with Crippen molar-refractivity contribution in [3.63, 3.8) is 0 Å². The van der Waals surface area contributed by atoms with Gasteiger partial charge in [0.15, 0.2) is 0 Å². The summed E-state index contributed by atoms with van der Waals surface area (Å²) in [6.07, 6.45) is 7.85. The molecular weight excluding hydrogens is 747 g/mol. The van der Waals surface area contributed by atoms with Crippen molar-refractivity contribution in [2.45, 2.75) is 67.1 Å². The first kappa shape index (κ1) is 34.4. The maximum absolute atomic E-state index is 6.00. The number of benzene rings is 2. The van der Waals surface area contributed by atoms with E-state index in [-0.39, 0.29) is 25.5 Å². The van der Waals surface area contributed by atoms with Crippen LogP contribution in [-0.4, -0.2) is 23.0 Å². The van der Waals surface area contributed by atoms with Crippen LogP contribution in [0.3, 0.4) is 0 Å². The van der Waals surface area contributed by atoms with Gasteiger partial charge in [-0.05, 0) is 58.9 Å². The van der Waals surface area contributed by atoms with Crippen molar-refractivity contribution < 1.29 is 24.5 Å². The maximum atomic E-state index is 6.00. The maximum Gasteiger partial charge on any atom is 0.216 e. The summed E-state index contributed by atoms with van der Waals surface area (Å²) in [5.74, 6) is 0.667. The van der Waals surface area contributed by atoms with Gasteiger partial charge in [-0.15, -0.1) is 54.1 Å². The molecule has 0 aliphatic carbocycles. The summed E-state index contributed by atoms with van der Waals surface area (Å²) in [7, 11) is -1.34. The zero-order valence-corrected chi connectivity index (χ0v) is 31.1. The molecule has 45 heavy (non-hydrogen) atoms. The molecule has 0 saturated heterocycles. The van der Waals surface area contributed by atoms with E-state index in [2.05, 4.69) is 112 Å². The second-order valence-corrected chi connectivity index (χ2v) is 19.2. The molecule has 0 aliphatic rings. The van der Waals surface area contributed by atoms with Gasteiger partial charge in [0, 0.05) is 44.1 Å². The third-order valence-corrected chi connectivity index (χ3v) is 9.50. The fourth-order valence-corrected chi connectivity index (χ4v) is 7.17. The van der Waals surface area contributed by atoms with Crippen LogP contribution in [0.25, 0.3) is 44.6 Å². The predicted octanol–water partition coefficient (Wildman–Crippen LogP) is 9.72. The number of rotatable bonds is 6. The van der Waals surface area contributed by atoms with Gasteiger partial charge in [-0.25, -0.2) is 4.98 Å². The van der Waals surface area contributed by atoms with Crippen LogP contribution in [0, 0.1) is 23.5 Å². The van der Waals surface area contributed by atoms with E-state index in [9.17, 15) is 0 Å². The molecule has 235 valence electrons. The fourth-order valence-electron chi connectivity index (χ4n) is 5.58. The number of aromatic nitrogens is 3. The SMILES string of the molecule is CC(C)(C)Cc1ccnc(-c2[c-]ccc3c2oc2ncccc23)c1.CC(C)Cc1cc(-c2[c-]cccc2)ncc1[Si](C)(C)C.[Ir]. The summed E-state index contributed by atoms with van der Waals surface area (Å²) in [4.78, 5) is 13.6. The average Bonchev–Trinajstić information content (AvgIpc) is 3.35. The molecule has 0 atom stereocenters. The molecule has 1 radical (unpaired) electrons. The smallest absolute Gasteiger partial charge is 0.216 e. The van der Waals surface area contributed by atoms with Crippen LogP contribution in [0.4, 0.5) is 0 Å². The van der Waals surface area contributed by atoms with E-state index in [0.29, 0.717) is 11.6 Å². The molecule has 0 N–H and O–H groups in total. The van der Waals surface area contributed by atoms with Gasteiger partial charge >= 0.3 is 0 Å². The zero-order valence-electron chi connectivity index (χ0n) is 27.7. The third-order valence-electron chi connectivity index (χ3n) is 7.44. The molecule has 4 aromatic heterocycles. The minimum atomic E-state index is -1.34. The van der Waals surface area contributed by atoms with Gasteiger partial charge in [-0.3, -0.25) is 0 Å². The van der Waals surface area contributed by atoms with Crippen LogP contribution in [0.15, 0.2) is 89.7 Å². The summed E-state index contributed by atoms with van der Waals surface area (Å²) in [5.41, 5.74) is 8.34. The summed E-state index contributed by atoms with van der Waals surface area (Å²) >= 11 is 0. The standard InChI is InChI=1S/C21H19N2O.C18H24NSi.Ir/c1-21(2,3)13-14-9-11-22-18(12-14)17-7-4-6-15-16-8-5-10-23-20(16)24-19(15)17;1-14(2)11-16-12-17(15-9-7-6-8-10-15)19-13-18(16)20(3,4)5;/h4-6,8-12H,13H2,1-3H3;6-9,12-14H,11H2,1-5H3;/q2*-1;. The quantitative estimate of drug-likeness (QED) is 0.125. The Morgan fingerprint density at radius 1 is 0.822 bits per heavy atom. The molecule has 0 amide bonds. The Bertz CT molecular complexity index is 1870. The van der Waals surface area contributed by atoms with Crippen molar-refractivity contribution in [1.82, 2.24) is 15.0 Å². The van der Waals surface area contributed by atoms with E-state index < -0.39 is 8.07 Å². The van der Waals surface area contributed by atoms with Gasteiger partial charge in [0.25, 0.3) is 0 Å². The Hall–Kier alpha value is -3.44. The van der Waals surface area contributed by atoms with Gasteiger partial charge in [0.1, 0.15) is 0 Å². The molecular formula is C39H43IrN3OSi-2. The molecule has 0 aliphatic heterocycles. The van der Waals surface area contributed by atoms with Crippen molar-refractivity contribution in [2.75, 3.05) is 0 Å². The molecule has 4 nitrogen and oxygen atoms in total. The fraction of sp³-hybridized carbons (Fsp3) is 0.308. The van der Waals surface area contributed by atoms with E-state index in [1.807, 2.05) is 48.7 Å². The Labute approximate surface area is 283 Å². The van der Waals surface area contributed by atoms with E-state index in [4.69, 9.17) is 4.42 Å². The number of hydrogen-bond donors (Lipinski definition) is 0. The molecule has 0 fully saturated rings. The van der Waals surface area contributed by atoms with E-state index in [1.165, 1.54) is 16.3 Å². The first-order chi connectivity index (χ1) is 20.9. The molecule has 0 unspecified atom stereocenters. The van der Waals surface area contributed by atoms with Gasteiger partial charge in [0.2, 0.25) is 5.71 Å². The normalized spacial score (nSPS) is 11.8. The van der Waals surface area contributed by atoms with Gasteiger partial charge < -0.3 is 14.4 Å². The molecule has 0 bridgehead atoms. The minimum Gasteiger partial charge on any atom is -0.486 e. The Balaban J connectivity index is 0.000000204. The summed E-state index contributed by atoms with van der Waals surface area (Å²) < 4.78 is 6.00. The van der Waals surface area contributed by atoms with Crippen molar-refractivity contribution in [1.29, 1.82) is 0 Å². The van der Waals surface area contributed by atoms with Gasteiger partial charge in [-0.2, -0.15) is 0 Å². The summed E-state index contributed by atoms with van der Waals surface area (Å²) in [6.45, 7) is 18.5. The number of furan rings is 1. The molecule has 6 aromatic rings. The molecule has 2 aromatic carbocycles. The van der Waals surface area contributed by atoms with Gasteiger partial charge in [0.05, 0.1) is 13.7 Å². The average molecular weight is 790 g/mol. The summed E-state index contributed by atoms with van der Waals surface area (Å²) in [5, 5.41) is 3.56. The van der Waals surface area contributed by atoms with Crippen molar-refractivity contribution in [3.8, 4) is 22.5 Å². The van der Waals surface area contributed by atoms with Crippen LogP contribution >= 0.6 is 0 Å². The molecule has 4 heterocycles. The van der Waals surface area contributed by atoms with E-state index >= 15 is 0 Å². The summed E-state index contributed by atoms with van der Waals surface area (Å²) in [6, 6.07) is 29.0. The monoisotopic (exact) mass is 790 g/mol. The van der Waals surface area contributed by atoms with Crippen LogP contribution in [0.5, 0.6) is 0 Å². The Morgan fingerprint density at radius 3 is 2.31 bits per heavy atom. The number of fused-ring (bicyclic) bond motifs is 3. The first-order valence-electron chi connectivity index (χ1n) is 15.5. The number of nitrogens with zero attached hydrogens (tertiary/aromatic N) is 3. The molecule has 0 spiro atoms. The zero-order chi connectivity index (χ0) is 31.5.